The second kappa shape index (κ2) is 8.19. The highest BCUT2D eigenvalue weighted by molar-refractivity contribution is 7.11. The number of rotatable bonds is 7. The highest BCUT2D eigenvalue weighted by atomic mass is 32.1. The van der Waals surface area contributed by atoms with Crippen molar-refractivity contribution in [1.29, 1.82) is 0 Å². The number of ether oxygens (including phenoxy) is 4. The molecule has 0 radical (unpaired) electrons. The molecular formula is C16H17NO5S. The minimum absolute atomic E-state index is 0.262. The number of carbonyl (C=O) groups excluding carboxylic acids is 1. The first-order chi connectivity index (χ1) is 11.2. The Hall–Kier alpha value is -2.54. The fourth-order valence-electron chi connectivity index (χ4n) is 1.86. The van der Waals surface area contributed by atoms with Crippen molar-refractivity contribution >= 4 is 22.9 Å². The van der Waals surface area contributed by atoms with Crippen LogP contribution < -0.4 is 9.47 Å². The van der Waals surface area contributed by atoms with Gasteiger partial charge in [0.25, 0.3) is 5.19 Å². The van der Waals surface area contributed by atoms with E-state index in [9.17, 15) is 4.79 Å². The number of hydrogen-bond acceptors (Lipinski definition) is 7. The molecule has 2 aromatic rings. The van der Waals surface area contributed by atoms with Crippen molar-refractivity contribution in [3.8, 4) is 10.9 Å². The molecular weight excluding hydrogens is 318 g/mol. The van der Waals surface area contributed by atoms with Gasteiger partial charge in [-0.1, -0.05) is 29.5 Å². The smallest absolute Gasteiger partial charge is 0.341 e. The van der Waals surface area contributed by atoms with Crippen molar-refractivity contribution < 1.29 is 23.7 Å². The molecule has 0 aliphatic rings. The van der Waals surface area contributed by atoms with E-state index >= 15 is 0 Å². The molecule has 0 spiro atoms. The average Bonchev–Trinajstić information content (AvgIpc) is 3.05. The minimum atomic E-state index is -0.502. The Labute approximate surface area is 138 Å². The standard InChI is InChI=1S/C16H17NO5S/c1-19-9-13(15(18)20-2)12-6-4-5-7-14(12)22-8-11-10-23-16(17-11)21-3/h4-7,9-10H,8H2,1-3H3. The van der Waals surface area contributed by atoms with Crippen LogP contribution in [-0.4, -0.2) is 32.3 Å². The summed E-state index contributed by atoms with van der Waals surface area (Å²) >= 11 is 1.39. The Morgan fingerprint density at radius 1 is 1.26 bits per heavy atom. The molecule has 6 nitrogen and oxygen atoms in total. The lowest BCUT2D eigenvalue weighted by Gasteiger charge is -2.12. The second-order valence-electron chi connectivity index (χ2n) is 4.35. The maximum absolute atomic E-state index is 11.9. The van der Waals surface area contributed by atoms with Gasteiger partial charge in [0, 0.05) is 10.9 Å². The zero-order chi connectivity index (χ0) is 16.7. The Morgan fingerprint density at radius 2 is 2.04 bits per heavy atom. The van der Waals surface area contributed by atoms with Gasteiger partial charge in [-0.3, -0.25) is 0 Å². The molecule has 0 amide bonds. The molecule has 23 heavy (non-hydrogen) atoms. The molecule has 0 bridgehead atoms. The van der Waals surface area contributed by atoms with E-state index in [-0.39, 0.29) is 12.2 Å². The van der Waals surface area contributed by atoms with Crippen LogP contribution in [0.3, 0.4) is 0 Å². The number of nitrogens with zero attached hydrogens (tertiary/aromatic N) is 1. The van der Waals surface area contributed by atoms with Crippen molar-refractivity contribution in [3.05, 3.63) is 47.2 Å². The monoisotopic (exact) mass is 335 g/mol. The maximum Gasteiger partial charge on any atom is 0.341 e. The lowest BCUT2D eigenvalue weighted by Crippen LogP contribution is -2.07. The summed E-state index contributed by atoms with van der Waals surface area (Å²) in [6.45, 7) is 0.262. The van der Waals surface area contributed by atoms with Crippen LogP contribution in [0, 0.1) is 0 Å². The fourth-order valence-corrected chi connectivity index (χ4v) is 2.49. The lowest BCUT2D eigenvalue weighted by molar-refractivity contribution is -0.133. The molecule has 2 rings (SSSR count). The van der Waals surface area contributed by atoms with Crippen LogP contribution in [-0.2, 0) is 20.9 Å². The van der Waals surface area contributed by atoms with Crippen LogP contribution in [0.2, 0.25) is 0 Å². The summed E-state index contributed by atoms with van der Waals surface area (Å²) in [5.74, 6) is 0.0337. The van der Waals surface area contributed by atoms with Crippen LogP contribution >= 0.6 is 11.3 Å². The first-order valence-corrected chi connectivity index (χ1v) is 7.59. The predicted octanol–water partition coefficient (Wildman–Crippen LogP) is 2.89. The number of hydrogen-bond donors (Lipinski definition) is 0. The van der Waals surface area contributed by atoms with E-state index in [2.05, 4.69) is 4.98 Å². The van der Waals surface area contributed by atoms with Crippen LogP contribution in [0.1, 0.15) is 11.3 Å². The highest BCUT2D eigenvalue weighted by Gasteiger charge is 2.17. The summed E-state index contributed by atoms with van der Waals surface area (Å²) in [5.41, 5.74) is 1.61. The molecule has 1 aromatic heterocycles. The van der Waals surface area contributed by atoms with Gasteiger partial charge in [0.1, 0.15) is 17.9 Å². The molecule has 0 unspecified atom stereocenters. The average molecular weight is 335 g/mol. The van der Waals surface area contributed by atoms with Gasteiger partial charge in [-0.2, -0.15) is 0 Å². The van der Waals surface area contributed by atoms with Crippen molar-refractivity contribution in [2.45, 2.75) is 6.61 Å². The summed E-state index contributed by atoms with van der Waals surface area (Å²) in [6.07, 6.45) is 1.33. The van der Waals surface area contributed by atoms with Gasteiger partial charge in [0.2, 0.25) is 0 Å². The highest BCUT2D eigenvalue weighted by Crippen LogP contribution is 2.28. The zero-order valence-electron chi connectivity index (χ0n) is 13.1. The number of para-hydroxylation sites is 1. The summed E-state index contributed by atoms with van der Waals surface area (Å²) in [6, 6.07) is 7.16. The Balaban J connectivity index is 2.22. The summed E-state index contributed by atoms with van der Waals surface area (Å²) in [4.78, 5) is 16.2. The molecule has 0 aliphatic carbocycles. The molecule has 0 fully saturated rings. The first-order valence-electron chi connectivity index (χ1n) is 6.71. The summed E-state index contributed by atoms with van der Waals surface area (Å²) < 4.78 is 20.6. The van der Waals surface area contributed by atoms with E-state index in [1.807, 2.05) is 11.4 Å². The molecule has 7 heteroatoms. The molecule has 0 atom stereocenters. The SMILES string of the molecule is COC=C(C(=O)OC)c1ccccc1OCc1csc(OC)n1. The fraction of sp³-hybridized carbons (Fsp3) is 0.250. The van der Waals surface area contributed by atoms with Gasteiger partial charge < -0.3 is 18.9 Å². The third-order valence-corrected chi connectivity index (χ3v) is 3.75. The predicted molar refractivity (Wildman–Crippen MR) is 86.4 cm³/mol. The number of benzene rings is 1. The number of thiazole rings is 1. The van der Waals surface area contributed by atoms with Crippen molar-refractivity contribution in [2.24, 2.45) is 0 Å². The Morgan fingerprint density at radius 3 is 2.70 bits per heavy atom. The van der Waals surface area contributed by atoms with Crippen LogP contribution in [0.15, 0.2) is 35.9 Å². The zero-order valence-corrected chi connectivity index (χ0v) is 13.9. The third-order valence-electron chi connectivity index (χ3n) is 2.90. The van der Waals surface area contributed by atoms with Crippen molar-refractivity contribution in [3.63, 3.8) is 0 Å². The topological polar surface area (TPSA) is 66.9 Å². The van der Waals surface area contributed by atoms with Crippen molar-refractivity contribution in [1.82, 2.24) is 4.98 Å². The number of aromatic nitrogens is 1. The minimum Gasteiger partial charge on any atom is -0.503 e. The van der Waals surface area contributed by atoms with Gasteiger partial charge in [-0.15, -0.1) is 0 Å². The number of methoxy groups -OCH3 is 3. The van der Waals surface area contributed by atoms with E-state index in [1.165, 1.54) is 31.8 Å². The largest absolute Gasteiger partial charge is 0.503 e. The van der Waals surface area contributed by atoms with E-state index in [4.69, 9.17) is 18.9 Å². The molecule has 0 aliphatic heterocycles. The molecule has 1 heterocycles. The van der Waals surface area contributed by atoms with E-state index < -0.39 is 5.97 Å². The van der Waals surface area contributed by atoms with Crippen LogP contribution in [0.25, 0.3) is 5.57 Å². The van der Waals surface area contributed by atoms with Crippen molar-refractivity contribution in [2.75, 3.05) is 21.3 Å². The normalized spacial score (nSPS) is 11.0. The molecule has 122 valence electrons. The second-order valence-corrected chi connectivity index (χ2v) is 5.17. The number of esters is 1. The number of carbonyl (C=O) groups is 1. The van der Waals surface area contributed by atoms with Gasteiger partial charge >= 0.3 is 5.97 Å². The van der Waals surface area contributed by atoms with E-state index in [0.29, 0.717) is 16.5 Å². The van der Waals surface area contributed by atoms with Crippen LogP contribution in [0.5, 0.6) is 10.9 Å². The van der Waals surface area contributed by atoms with E-state index in [0.717, 1.165) is 5.69 Å². The Kier molecular flexibility index (Phi) is 5.99. The molecule has 1 aromatic carbocycles. The van der Waals surface area contributed by atoms with Gasteiger partial charge in [-0.25, -0.2) is 9.78 Å². The lowest BCUT2D eigenvalue weighted by atomic mass is 10.1. The van der Waals surface area contributed by atoms with Gasteiger partial charge in [-0.05, 0) is 6.07 Å². The van der Waals surface area contributed by atoms with Crippen LogP contribution in [0.4, 0.5) is 0 Å². The van der Waals surface area contributed by atoms with E-state index in [1.54, 1.807) is 25.3 Å². The van der Waals surface area contributed by atoms with Gasteiger partial charge in [0.05, 0.1) is 33.3 Å². The quantitative estimate of drug-likeness (QED) is 0.440. The molecule has 0 saturated heterocycles. The third kappa shape index (κ3) is 4.23. The summed E-state index contributed by atoms with van der Waals surface area (Å²) in [7, 11) is 4.35. The molecule has 0 saturated carbocycles. The Bertz CT molecular complexity index is 695. The maximum atomic E-state index is 11.9. The first kappa shape index (κ1) is 16.8. The molecule has 0 N–H and O–H groups in total. The van der Waals surface area contributed by atoms with Gasteiger partial charge in [0.15, 0.2) is 0 Å². The summed E-state index contributed by atoms with van der Waals surface area (Å²) in [5, 5.41) is 2.43.